The van der Waals surface area contributed by atoms with Gasteiger partial charge in [0.1, 0.15) is 11.6 Å². The lowest BCUT2D eigenvalue weighted by molar-refractivity contribution is -0.138. The van der Waals surface area contributed by atoms with Crippen molar-refractivity contribution in [1.82, 2.24) is 15.0 Å². The van der Waals surface area contributed by atoms with E-state index in [1.807, 2.05) is 0 Å². The summed E-state index contributed by atoms with van der Waals surface area (Å²) in [5.41, 5.74) is 0.831. The van der Waals surface area contributed by atoms with Crippen LogP contribution in [0, 0.1) is 6.92 Å². The summed E-state index contributed by atoms with van der Waals surface area (Å²) in [5.74, 6) is 0.353. The maximum absolute atomic E-state index is 13.7. The van der Waals surface area contributed by atoms with Crippen molar-refractivity contribution in [3.63, 3.8) is 0 Å². The van der Waals surface area contributed by atoms with Crippen molar-refractivity contribution in [1.29, 1.82) is 0 Å². The molecule has 1 N–H and O–H groups in total. The zero-order valence-corrected chi connectivity index (χ0v) is 22.7. The topological polar surface area (TPSA) is 53.9 Å². The molecule has 2 aliphatic rings. The number of nitrogens with zero attached hydrogens (tertiary/aromatic N) is 4. The Morgan fingerprint density at radius 3 is 2.38 bits per heavy atom. The van der Waals surface area contributed by atoms with Gasteiger partial charge in [0, 0.05) is 42.2 Å². The Morgan fingerprint density at radius 1 is 0.925 bits per heavy atom. The Morgan fingerprint density at radius 2 is 1.68 bits per heavy atom. The van der Waals surface area contributed by atoms with Gasteiger partial charge in [-0.3, -0.25) is 0 Å². The molecule has 1 fully saturated rings. The number of thioether (sulfide) groups is 1. The summed E-state index contributed by atoms with van der Waals surface area (Å²) in [6, 6.07) is 5.79. The number of alkyl halides is 6. The maximum Gasteiger partial charge on any atom is 0.419 e. The first-order chi connectivity index (χ1) is 19.0. The second-order valence-corrected chi connectivity index (χ2v) is 11.4. The van der Waals surface area contributed by atoms with E-state index in [0.717, 1.165) is 55.1 Å². The molecule has 12 heteroatoms. The van der Waals surface area contributed by atoms with Crippen LogP contribution in [-0.4, -0.2) is 33.3 Å². The van der Waals surface area contributed by atoms with Crippen LogP contribution in [0.4, 0.5) is 43.7 Å². The molecule has 0 atom stereocenters. The molecule has 5 rings (SSSR count). The van der Waals surface area contributed by atoms with Gasteiger partial charge in [-0.1, -0.05) is 31.0 Å². The largest absolute Gasteiger partial charge is 0.419 e. The minimum absolute atomic E-state index is 0.124. The first-order valence-corrected chi connectivity index (χ1v) is 14.2. The summed E-state index contributed by atoms with van der Waals surface area (Å²) >= 11 is 1.60. The first kappa shape index (κ1) is 28.5. The van der Waals surface area contributed by atoms with E-state index < -0.39 is 23.5 Å². The van der Waals surface area contributed by atoms with Gasteiger partial charge in [0.15, 0.2) is 5.16 Å². The molecule has 1 saturated carbocycles. The van der Waals surface area contributed by atoms with Crippen molar-refractivity contribution in [3.05, 3.63) is 64.5 Å². The predicted octanol–water partition coefficient (Wildman–Crippen LogP) is 7.99. The van der Waals surface area contributed by atoms with Gasteiger partial charge in [-0.05, 0) is 62.1 Å². The number of pyridine rings is 1. The van der Waals surface area contributed by atoms with Crippen molar-refractivity contribution in [2.24, 2.45) is 0 Å². The molecule has 1 aromatic carbocycles. The summed E-state index contributed by atoms with van der Waals surface area (Å²) in [7, 11) is 0. The van der Waals surface area contributed by atoms with Gasteiger partial charge in [0.2, 0.25) is 0 Å². The van der Waals surface area contributed by atoms with E-state index in [2.05, 4.69) is 10.3 Å². The number of benzene rings is 1. The quantitative estimate of drug-likeness (QED) is 0.244. The molecule has 1 aliphatic carbocycles. The lowest BCUT2D eigenvalue weighted by Gasteiger charge is -2.24. The normalized spacial score (nSPS) is 16.9. The lowest BCUT2D eigenvalue weighted by atomic mass is 10.0. The van der Waals surface area contributed by atoms with Gasteiger partial charge >= 0.3 is 12.4 Å². The average molecular weight is 582 g/mol. The highest BCUT2D eigenvalue weighted by molar-refractivity contribution is 7.99. The highest BCUT2D eigenvalue weighted by atomic mass is 32.2. The second kappa shape index (κ2) is 11.5. The lowest BCUT2D eigenvalue weighted by Crippen LogP contribution is -2.29. The molecule has 5 nitrogen and oxygen atoms in total. The number of nitrogens with one attached hydrogen (secondary N) is 1. The standard InChI is InChI=1S/C28H29F6N5S/c1-17-16-18(27(29,30)31)9-10-22(17)36-24-20-11-14-39(25-21(28(32,33)34)8-5-13-35-25)15-12-23(20)37-26(38-24)40-19-6-3-2-4-7-19/h5,8-10,13,16,19H,2-4,6-7,11-12,14-15H2,1H3,(H,36,37,38). The number of fused-ring (bicyclic) bond motifs is 1. The predicted molar refractivity (Wildman–Crippen MR) is 143 cm³/mol. The summed E-state index contributed by atoms with van der Waals surface area (Å²) in [6.07, 6.45) is -1.34. The monoisotopic (exact) mass is 581 g/mol. The van der Waals surface area contributed by atoms with Crippen LogP contribution in [0.1, 0.15) is 60.1 Å². The smallest absolute Gasteiger partial charge is 0.355 e. The van der Waals surface area contributed by atoms with Crippen molar-refractivity contribution < 1.29 is 26.3 Å². The first-order valence-electron chi connectivity index (χ1n) is 13.3. The molecule has 0 bridgehead atoms. The summed E-state index contributed by atoms with van der Waals surface area (Å²) < 4.78 is 80.8. The van der Waals surface area contributed by atoms with Crippen LogP contribution in [-0.2, 0) is 25.2 Å². The zero-order valence-electron chi connectivity index (χ0n) is 21.9. The number of aromatic nitrogens is 3. The van der Waals surface area contributed by atoms with Gasteiger partial charge in [-0.2, -0.15) is 26.3 Å². The van der Waals surface area contributed by atoms with Gasteiger partial charge in [-0.15, -0.1) is 0 Å². The van der Waals surface area contributed by atoms with Crippen molar-refractivity contribution in [2.45, 2.75) is 74.6 Å². The Kier molecular flexibility index (Phi) is 8.17. The van der Waals surface area contributed by atoms with E-state index in [0.29, 0.717) is 40.3 Å². The molecule has 1 aliphatic heterocycles. The fraction of sp³-hybridized carbons (Fsp3) is 0.464. The van der Waals surface area contributed by atoms with Crippen molar-refractivity contribution >= 4 is 29.1 Å². The van der Waals surface area contributed by atoms with Gasteiger partial charge < -0.3 is 10.2 Å². The molecule has 40 heavy (non-hydrogen) atoms. The molecule has 0 unspecified atom stereocenters. The van der Waals surface area contributed by atoms with E-state index in [-0.39, 0.29) is 18.9 Å². The maximum atomic E-state index is 13.7. The van der Waals surface area contributed by atoms with Crippen molar-refractivity contribution in [3.8, 4) is 0 Å². The Hall–Kier alpha value is -3.02. The fourth-order valence-electron chi connectivity index (χ4n) is 5.25. The van der Waals surface area contributed by atoms with Crippen LogP contribution in [0.25, 0.3) is 0 Å². The summed E-state index contributed by atoms with van der Waals surface area (Å²) in [4.78, 5) is 15.3. The van der Waals surface area contributed by atoms with Gasteiger partial charge in [0.05, 0.1) is 16.8 Å². The molecule has 0 amide bonds. The Labute approximate surface area is 232 Å². The molecule has 0 spiro atoms. The van der Waals surface area contributed by atoms with Gasteiger partial charge in [0.25, 0.3) is 0 Å². The number of hydrogen-bond acceptors (Lipinski definition) is 6. The minimum atomic E-state index is -4.54. The fourth-order valence-corrected chi connectivity index (χ4v) is 6.43. The second-order valence-electron chi connectivity index (χ2n) is 10.2. The van der Waals surface area contributed by atoms with Crippen LogP contribution in [0.2, 0.25) is 0 Å². The van der Waals surface area contributed by atoms with E-state index in [1.54, 1.807) is 23.6 Å². The Bertz CT molecular complexity index is 1350. The molecule has 2 aromatic heterocycles. The third-order valence-corrected chi connectivity index (χ3v) is 8.54. The number of halogens is 6. The number of hydrogen-bond donors (Lipinski definition) is 1. The van der Waals surface area contributed by atoms with Crippen LogP contribution < -0.4 is 10.2 Å². The highest BCUT2D eigenvalue weighted by Gasteiger charge is 2.36. The molecular weight excluding hydrogens is 552 g/mol. The van der Waals surface area contributed by atoms with Crippen molar-refractivity contribution in [2.75, 3.05) is 23.3 Å². The number of aryl methyl sites for hydroxylation is 1. The Balaban J connectivity index is 1.48. The SMILES string of the molecule is Cc1cc(C(F)(F)F)ccc1Nc1nc(SC2CCCCC2)nc2c1CCN(c1ncccc1C(F)(F)F)CC2. The number of rotatable bonds is 5. The van der Waals surface area contributed by atoms with Crippen LogP contribution in [0.3, 0.4) is 0 Å². The molecule has 214 valence electrons. The molecule has 3 aromatic rings. The van der Waals surface area contributed by atoms with E-state index in [4.69, 9.17) is 9.97 Å². The zero-order chi connectivity index (χ0) is 28.5. The molecule has 0 radical (unpaired) electrons. The van der Waals surface area contributed by atoms with Crippen LogP contribution in [0.5, 0.6) is 0 Å². The molecule has 3 heterocycles. The van der Waals surface area contributed by atoms with Gasteiger partial charge in [-0.25, -0.2) is 15.0 Å². The van der Waals surface area contributed by atoms with E-state index in [9.17, 15) is 26.3 Å². The van der Waals surface area contributed by atoms with Crippen LogP contribution >= 0.6 is 11.8 Å². The minimum Gasteiger partial charge on any atom is -0.355 e. The molecule has 0 saturated heterocycles. The number of anilines is 3. The molecular formula is C28H29F6N5S. The average Bonchev–Trinajstić information content (AvgIpc) is 3.12. The van der Waals surface area contributed by atoms with E-state index in [1.165, 1.54) is 24.8 Å². The third kappa shape index (κ3) is 6.47. The summed E-state index contributed by atoms with van der Waals surface area (Å²) in [5, 5.41) is 4.17. The van der Waals surface area contributed by atoms with E-state index >= 15 is 0 Å². The van der Waals surface area contributed by atoms with Crippen LogP contribution in [0.15, 0.2) is 41.7 Å². The highest BCUT2D eigenvalue weighted by Crippen LogP contribution is 2.38. The third-order valence-electron chi connectivity index (χ3n) is 7.35. The summed E-state index contributed by atoms with van der Waals surface area (Å²) in [6.45, 7) is 2.14.